The molecule has 88 valence electrons. The van der Waals surface area contributed by atoms with Crippen LogP contribution in [-0.2, 0) is 5.88 Å². The van der Waals surface area contributed by atoms with Crippen LogP contribution in [0.1, 0.15) is 38.2 Å². The molecular formula is C13H19ClN2. The van der Waals surface area contributed by atoms with Gasteiger partial charge in [-0.1, -0.05) is 18.9 Å². The predicted octanol–water partition coefficient (Wildman–Crippen LogP) is 3.59. The molecule has 0 amide bonds. The number of aromatic nitrogens is 1. The van der Waals surface area contributed by atoms with Gasteiger partial charge in [0.2, 0.25) is 0 Å². The first-order valence-electron chi connectivity index (χ1n) is 6.09. The highest BCUT2D eigenvalue weighted by atomic mass is 35.5. The molecular weight excluding hydrogens is 220 g/mol. The zero-order chi connectivity index (χ0) is 11.4. The topological polar surface area (TPSA) is 16.1 Å². The molecule has 1 fully saturated rings. The van der Waals surface area contributed by atoms with E-state index in [1.165, 1.54) is 25.7 Å². The molecule has 2 nitrogen and oxygen atoms in total. The van der Waals surface area contributed by atoms with Crippen molar-refractivity contribution in [2.24, 2.45) is 0 Å². The van der Waals surface area contributed by atoms with Gasteiger partial charge in [-0.15, -0.1) is 11.6 Å². The fourth-order valence-corrected chi connectivity index (χ4v) is 2.44. The number of pyridine rings is 1. The van der Waals surface area contributed by atoms with E-state index < -0.39 is 0 Å². The molecule has 1 aromatic heterocycles. The van der Waals surface area contributed by atoms with Crippen LogP contribution < -0.4 is 4.90 Å². The Morgan fingerprint density at radius 1 is 1.38 bits per heavy atom. The van der Waals surface area contributed by atoms with Crippen LogP contribution in [0.5, 0.6) is 0 Å². The van der Waals surface area contributed by atoms with Crippen molar-refractivity contribution in [2.45, 2.75) is 44.5 Å². The van der Waals surface area contributed by atoms with Gasteiger partial charge in [0.05, 0.1) is 0 Å². The van der Waals surface area contributed by atoms with E-state index in [1.54, 1.807) is 0 Å². The minimum atomic E-state index is 0.544. The maximum Gasteiger partial charge on any atom is 0.128 e. The highest BCUT2D eigenvalue weighted by molar-refractivity contribution is 6.17. The molecule has 0 N–H and O–H groups in total. The third kappa shape index (κ3) is 2.67. The van der Waals surface area contributed by atoms with Crippen molar-refractivity contribution in [1.82, 2.24) is 4.98 Å². The minimum absolute atomic E-state index is 0.544. The van der Waals surface area contributed by atoms with Crippen molar-refractivity contribution in [3.05, 3.63) is 23.9 Å². The molecule has 3 heteroatoms. The third-order valence-electron chi connectivity index (χ3n) is 3.31. The summed E-state index contributed by atoms with van der Waals surface area (Å²) in [6, 6.07) is 4.78. The number of hydrogen-bond acceptors (Lipinski definition) is 2. The van der Waals surface area contributed by atoms with E-state index in [0.29, 0.717) is 11.9 Å². The first-order chi connectivity index (χ1) is 7.81. The number of hydrogen-bond donors (Lipinski definition) is 0. The van der Waals surface area contributed by atoms with Crippen LogP contribution in [-0.4, -0.2) is 17.6 Å². The van der Waals surface area contributed by atoms with E-state index in [1.807, 2.05) is 6.20 Å². The van der Waals surface area contributed by atoms with Crippen molar-refractivity contribution in [3.63, 3.8) is 0 Å². The van der Waals surface area contributed by atoms with Gasteiger partial charge < -0.3 is 4.90 Å². The van der Waals surface area contributed by atoms with E-state index in [2.05, 4.69) is 28.9 Å². The summed E-state index contributed by atoms with van der Waals surface area (Å²) in [6.45, 7) is 3.43. The van der Waals surface area contributed by atoms with E-state index in [9.17, 15) is 0 Å². The van der Waals surface area contributed by atoms with Crippen LogP contribution in [0, 0.1) is 0 Å². The summed E-state index contributed by atoms with van der Waals surface area (Å²) in [5.41, 5.74) is 1.09. The molecule has 0 spiro atoms. The molecule has 2 rings (SSSR count). The Morgan fingerprint density at radius 2 is 2.25 bits per heavy atom. The Kier molecular flexibility index (Phi) is 4.05. The van der Waals surface area contributed by atoms with Gasteiger partial charge in [-0.25, -0.2) is 4.98 Å². The van der Waals surface area contributed by atoms with Crippen LogP contribution in [0.2, 0.25) is 0 Å². The van der Waals surface area contributed by atoms with Crippen molar-refractivity contribution >= 4 is 17.4 Å². The highest BCUT2D eigenvalue weighted by Crippen LogP contribution is 2.22. The summed E-state index contributed by atoms with van der Waals surface area (Å²) in [4.78, 5) is 6.93. The second-order valence-electron chi connectivity index (χ2n) is 4.55. The second kappa shape index (κ2) is 5.53. The Bertz CT molecular complexity index is 323. The summed E-state index contributed by atoms with van der Waals surface area (Å²) < 4.78 is 0. The predicted molar refractivity (Wildman–Crippen MR) is 69.1 cm³/mol. The molecule has 0 saturated carbocycles. The number of alkyl halides is 1. The normalized spacial score (nSPS) is 21.9. The van der Waals surface area contributed by atoms with Crippen molar-refractivity contribution in [3.8, 4) is 0 Å². The fourth-order valence-electron chi connectivity index (χ4n) is 2.28. The molecule has 1 aromatic rings. The highest BCUT2D eigenvalue weighted by Gasteiger charge is 2.17. The molecule has 1 unspecified atom stereocenters. The summed E-state index contributed by atoms with van der Waals surface area (Å²) in [5.74, 6) is 1.64. The van der Waals surface area contributed by atoms with E-state index in [0.717, 1.165) is 17.9 Å². The Labute approximate surface area is 103 Å². The lowest BCUT2D eigenvalue weighted by Crippen LogP contribution is -2.33. The van der Waals surface area contributed by atoms with Crippen molar-refractivity contribution < 1.29 is 0 Å². The molecule has 1 saturated heterocycles. The first-order valence-corrected chi connectivity index (χ1v) is 6.62. The first kappa shape index (κ1) is 11.7. The van der Waals surface area contributed by atoms with Gasteiger partial charge in [0, 0.05) is 24.7 Å². The summed E-state index contributed by atoms with van der Waals surface area (Å²) in [6.07, 6.45) is 7.14. The molecule has 2 heterocycles. The van der Waals surface area contributed by atoms with Crippen LogP contribution in [0.25, 0.3) is 0 Å². The molecule has 16 heavy (non-hydrogen) atoms. The van der Waals surface area contributed by atoms with Crippen LogP contribution in [0.3, 0.4) is 0 Å². The second-order valence-corrected chi connectivity index (χ2v) is 4.82. The standard InChI is InChI=1S/C13H19ClN2/c1-11-5-3-2-4-8-16(11)13-7-6-12(9-14)10-15-13/h6-7,10-11H,2-5,8-9H2,1H3. The maximum atomic E-state index is 5.77. The Balaban J connectivity index is 2.14. The average molecular weight is 239 g/mol. The van der Waals surface area contributed by atoms with Gasteiger partial charge in [-0.05, 0) is 31.4 Å². The summed E-state index contributed by atoms with van der Waals surface area (Å²) >= 11 is 5.77. The van der Waals surface area contributed by atoms with Gasteiger partial charge in [0.25, 0.3) is 0 Å². The number of anilines is 1. The van der Waals surface area contributed by atoms with Crippen LogP contribution in [0.4, 0.5) is 5.82 Å². The van der Waals surface area contributed by atoms with Gasteiger partial charge >= 0.3 is 0 Å². The quantitative estimate of drug-likeness (QED) is 0.732. The van der Waals surface area contributed by atoms with Crippen LogP contribution >= 0.6 is 11.6 Å². The monoisotopic (exact) mass is 238 g/mol. The molecule has 1 aliphatic rings. The molecule has 1 atom stereocenters. The summed E-state index contributed by atoms with van der Waals surface area (Å²) in [7, 11) is 0. The largest absolute Gasteiger partial charge is 0.354 e. The van der Waals surface area contributed by atoms with E-state index in [-0.39, 0.29) is 0 Å². The number of nitrogens with zero attached hydrogens (tertiary/aromatic N) is 2. The molecule has 0 bridgehead atoms. The van der Waals surface area contributed by atoms with Crippen LogP contribution in [0.15, 0.2) is 18.3 Å². The van der Waals surface area contributed by atoms with Gasteiger partial charge in [0.15, 0.2) is 0 Å². The number of rotatable bonds is 2. The molecule has 0 aromatic carbocycles. The van der Waals surface area contributed by atoms with Gasteiger partial charge in [0.1, 0.15) is 5.82 Å². The zero-order valence-electron chi connectivity index (χ0n) is 9.82. The van der Waals surface area contributed by atoms with E-state index >= 15 is 0 Å². The van der Waals surface area contributed by atoms with Gasteiger partial charge in [-0.3, -0.25) is 0 Å². The zero-order valence-corrected chi connectivity index (χ0v) is 10.6. The lowest BCUT2D eigenvalue weighted by atomic mass is 10.1. The number of halogens is 1. The van der Waals surface area contributed by atoms with Crippen molar-refractivity contribution in [1.29, 1.82) is 0 Å². The Morgan fingerprint density at radius 3 is 2.94 bits per heavy atom. The lowest BCUT2D eigenvalue weighted by Gasteiger charge is -2.28. The fraction of sp³-hybridized carbons (Fsp3) is 0.615. The molecule has 1 aliphatic heterocycles. The Hall–Kier alpha value is -0.760. The SMILES string of the molecule is CC1CCCCCN1c1ccc(CCl)cn1. The third-order valence-corrected chi connectivity index (χ3v) is 3.62. The summed E-state index contributed by atoms with van der Waals surface area (Å²) in [5, 5.41) is 0. The van der Waals surface area contributed by atoms with Gasteiger partial charge in [-0.2, -0.15) is 0 Å². The van der Waals surface area contributed by atoms with Crippen molar-refractivity contribution in [2.75, 3.05) is 11.4 Å². The maximum absolute atomic E-state index is 5.77. The average Bonchev–Trinajstić information content (AvgIpc) is 2.54. The minimum Gasteiger partial charge on any atom is -0.354 e. The lowest BCUT2D eigenvalue weighted by molar-refractivity contribution is 0.611. The smallest absolute Gasteiger partial charge is 0.128 e. The molecule has 0 aliphatic carbocycles. The van der Waals surface area contributed by atoms with E-state index in [4.69, 9.17) is 11.6 Å². The molecule has 0 radical (unpaired) electrons.